The Balaban J connectivity index is 2.50. The lowest BCUT2D eigenvalue weighted by molar-refractivity contribution is -0.120. The van der Waals surface area contributed by atoms with Crippen LogP contribution in [0.4, 0.5) is 4.39 Å². The number of phenols is 1. The maximum atomic E-state index is 13.0. The zero-order valence-electron chi connectivity index (χ0n) is 10.0. The van der Waals surface area contributed by atoms with Crippen molar-refractivity contribution in [1.82, 2.24) is 10.2 Å². The molecule has 0 saturated heterocycles. The fourth-order valence-electron chi connectivity index (χ4n) is 1.53. The number of phenolic OH excluding ortho intramolecular Hbond substituents is 1. The molecule has 0 saturated carbocycles. The van der Waals surface area contributed by atoms with Crippen molar-refractivity contribution in [2.75, 3.05) is 20.6 Å². The van der Waals surface area contributed by atoms with E-state index >= 15 is 0 Å². The fraction of sp³-hybridized carbons (Fsp3) is 0.417. The third-order valence-electron chi connectivity index (χ3n) is 2.39. The summed E-state index contributed by atoms with van der Waals surface area (Å²) in [4.78, 5) is 12.9. The number of hydrogen-bond acceptors (Lipinski definition) is 3. The minimum Gasteiger partial charge on any atom is -0.508 e. The fourth-order valence-corrected chi connectivity index (χ4v) is 1.53. The van der Waals surface area contributed by atoms with Gasteiger partial charge in [0, 0.05) is 32.6 Å². The van der Waals surface area contributed by atoms with Crippen LogP contribution in [0.1, 0.15) is 12.0 Å². The molecule has 94 valence electrons. The zero-order valence-corrected chi connectivity index (χ0v) is 10.0. The molecule has 0 aliphatic rings. The molecule has 0 aliphatic heterocycles. The van der Waals surface area contributed by atoms with Gasteiger partial charge in [-0.25, -0.2) is 4.39 Å². The van der Waals surface area contributed by atoms with Gasteiger partial charge in [-0.15, -0.1) is 0 Å². The van der Waals surface area contributed by atoms with Crippen molar-refractivity contribution < 1.29 is 14.3 Å². The highest BCUT2D eigenvalue weighted by Crippen LogP contribution is 2.15. The molecule has 0 bridgehead atoms. The number of benzene rings is 1. The summed E-state index contributed by atoms with van der Waals surface area (Å²) in [6, 6.07) is 3.95. The number of amides is 1. The van der Waals surface area contributed by atoms with Gasteiger partial charge in [0.05, 0.1) is 0 Å². The van der Waals surface area contributed by atoms with Gasteiger partial charge < -0.3 is 15.3 Å². The molecular weight excluding hydrogens is 223 g/mol. The molecule has 0 radical (unpaired) electrons. The van der Waals surface area contributed by atoms with Crippen LogP contribution in [0.25, 0.3) is 0 Å². The summed E-state index contributed by atoms with van der Waals surface area (Å²) in [7, 11) is 3.43. The second kappa shape index (κ2) is 6.20. The van der Waals surface area contributed by atoms with Gasteiger partial charge in [0.15, 0.2) is 0 Å². The predicted octanol–water partition coefficient (Wildman–Crippen LogP) is 1.10. The number of nitrogens with one attached hydrogen (secondary N) is 1. The van der Waals surface area contributed by atoms with E-state index in [1.165, 1.54) is 12.1 Å². The highest BCUT2D eigenvalue weighted by Gasteiger charge is 2.05. The van der Waals surface area contributed by atoms with Gasteiger partial charge in [-0.2, -0.15) is 0 Å². The van der Waals surface area contributed by atoms with E-state index in [0.717, 1.165) is 6.07 Å². The molecule has 1 rings (SSSR count). The Bertz CT molecular complexity index is 376. The number of nitrogens with zero attached hydrogens (tertiary/aromatic N) is 1. The van der Waals surface area contributed by atoms with E-state index in [-0.39, 0.29) is 11.7 Å². The molecule has 0 spiro atoms. The minimum absolute atomic E-state index is 0.0288. The molecule has 1 aromatic carbocycles. The third kappa shape index (κ3) is 4.82. The normalized spacial score (nSPS) is 10.6. The van der Waals surface area contributed by atoms with Gasteiger partial charge >= 0.3 is 0 Å². The number of carbonyl (C=O) groups excluding carboxylic acids is 1. The molecule has 0 fully saturated rings. The van der Waals surface area contributed by atoms with Crippen LogP contribution in [0, 0.1) is 5.82 Å². The number of carbonyl (C=O) groups is 1. The monoisotopic (exact) mass is 240 g/mol. The van der Waals surface area contributed by atoms with Crippen LogP contribution >= 0.6 is 0 Å². The van der Waals surface area contributed by atoms with Crippen LogP contribution in [-0.2, 0) is 11.3 Å². The van der Waals surface area contributed by atoms with Crippen LogP contribution in [0.2, 0.25) is 0 Å². The lowest BCUT2D eigenvalue weighted by Crippen LogP contribution is -2.26. The minimum atomic E-state index is -0.459. The van der Waals surface area contributed by atoms with Crippen LogP contribution in [0.3, 0.4) is 0 Å². The first-order valence-electron chi connectivity index (χ1n) is 5.39. The molecule has 0 heterocycles. The van der Waals surface area contributed by atoms with Gasteiger partial charge in [0.25, 0.3) is 0 Å². The highest BCUT2D eigenvalue weighted by molar-refractivity contribution is 5.75. The molecule has 4 nitrogen and oxygen atoms in total. The lowest BCUT2D eigenvalue weighted by atomic mass is 10.2. The Hall–Kier alpha value is -1.62. The quantitative estimate of drug-likeness (QED) is 0.810. The molecule has 1 aromatic rings. The summed E-state index contributed by atoms with van der Waals surface area (Å²) in [5, 5.41) is 11.8. The van der Waals surface area contributed by atoms with E-state index in [0.29, 0.717) is 25.1 Å². The largest absolute Gasteiger partial charge is 0.508 e. The lowest BCUT2D eigenvalue weighted by Gasteiger charge is -2.16. The Morgan fingerprint density at radius 3 is 2.76 bits per heavy atom. The molecule has 5 heteroatoms. The summed E-state index contributed by atoms with van der Waals surface area (Å²) < 4.78 is 13.0. The van der Waals surface area contributed by atoms with E-state index in [2.05, 4.69) is 5.32 Å². The summed E-state index contributed by atoms with van der Waals surface area (Å²) in [5.41, 5.74) is 0.682. The van der Waals surface area contributed by atoms with E-state index in [1.54, 1.807) is 7.05 Å². The van der Waals surface area contributed by atoms with Gasteiger partial charge in [-0.3, -0.25) is 4.79 Å². The Morgan fingerprint density at radius 2 is 2.18 bits per heavy atom. The maximum Gasteiger partial charge on any atom is 0.221 e. The van der Waals surface area contributed by atoms with Crippen molar-refractivity contribution in [2.45, 2.75) is 13.0 Å². The van der Waals surface area contributed by atoms with E-state index in [1.807, 2.05) is 11.9 Å². The zero-order chi connectivity index (χ0) is 12.8. The molecule has 0 aliphatic carbocycles. The van der Waals surface area contributed by atoms with Crippen LogP contribution in [-0.4, -0.2) is 36.6 Å². The number of aromatic hydroxyl groups is 1. The second-order valence-corrected chi connectivity index (χ2v) is 3.98. The maximum absolute atomic E-state index is 13.0. The molecule has 0 aromatic heterocycles. The van der Waals surface area contributed by atoms with Gasteiger partial charge in [-0.05, 0) is 24.7 Å². The average Bonchev–Trinajstić information content (AvgIpc) is 2.24. The van der Waals surface area contributed by atoms with Gasteiger partial charge in [0.1, 0.15) is 11.6 Å². The number of hydrogen-bond donors (Lipinski definition) is 2. The molecule has 0 atom stereocenters. The molecule has 2 N–H and O–H groups in total. The van der Waals surface area contributed by atoms with Crippen molar-refractivity contribution in [3.63, 3.8) is 0 Å². The molecule has 0 unspecified atom stereocenters. The first kappa shape index (κ1) is 13.4. The standard InChI is InChI=1S/C12H17FN2O2/c1-14-12(17)3-4-15(2)8-9-5-10(13)7-11(16)6-9/h5-7,16H,3-4,8H2,1-2H3,(H,14,17). The second-order valence-electron chi connectivity index (χ2n) is 3.98. The summed E-state index contributed by atoms with van der Waals surface area (Å²) in [6.07, 6.45) is 0.397. The van der Waals surface area contributed by atoms with Crippen LogP contribution in [0.5, 0.6) is 5.75 Å². The summed E-state index contributed by atoms with van der Waals surface area (Å²) in [6.45, 7) is 1.07. The SMILES string of the molecule is CNC(=O)CCN(C)Cc1cc(O)cc(F)c1. The molecular formula is C12H17FN2O2. The Labute approximate surface area is 100 Å². The van der Waals surface area contributed by atoms with E-state index in [4.69, 9.17) is 0 Å². The topological polar surface area (TPSA) is 52.6 Å². The predicted molar refractivity (Wildman–Crippen MR) is 63.1 cm³/mol. The summed E-state index contributed by atoms with van der Waals surface area (Å²) >= 11 is 0. The van der Waals surface area contributed by atoms with E-state index in [9.17, 15) is 14.3 Å². The summed E-state index contributed by atoms with van der Waals surface area (Å²) in [5.74, 6) is -0.571. The van der Waals surface area contributed by atoms with Crippen molar-refractivity contribution in [3.8, 4) is 5.75 Å². The number of halogens is 1. The smallest absolute Gasteiger partial charge is 0.221 e. The highest BCUT2D eigenvalue weighted by atomic mass is 19.1. The van der Waals surface area contributed by atoms with Gasteiger partial charge in [0.2, 0.25) is 5.91 Å². The molecule has 1 amide bonds. The molecule has 17 heavy (non-hydrogen) atoms. The number of rotatable bonds is 5. The Morgan fingerprint density at radius 1 is 1.47 bits per heavy atom. The Kier molecular flexibility index (Phi) is 4.90. The first-order chi connectivity index (χ1) is 8.01. The van der Waals surface area contributed by atoms with Crippen LogP contribution in [0.15, 0.2) is 18.2 Å². The van der Waals surface area contributed by atoms with Gasteiger partial charge in [-0.1, -0.05) is 0 Å². The average molecular weight is 240 g/mol. The van der Waals surface area contributed by atoms with Crippen LogP contribution < -0.4 is 5.32 Å². The van der Waals surface area contributed by atoms with Crippen molar-refractivity contribution >= 4 is 5.91 Å². The van der Waals surface area contributed by atoms with Crippen molar-refractivity contribution in [3.05, 3.63) is 29.6 Å². The first-order valence-corrected chi connectivity index (χ1v) is 5.39. The van der Waals surface area contributed by atoms with E-state index < -0.39 is 5.82 Å². The third-order valence-corrected chi connectivity index (χ3v) is 2.39. The van der Waals surface area contributed by atoms with Crippen molar-refractivity contribution in [2.24, 2.45) is 0 Å². The van der Waals surface area contributed by atoms with Crippen molar-refractivity contribution in [1.29, 1.82) is 0 Å².